The minimum absolute atomic E-state index is 0.0731. The van der Waals surface area contributed by atoms with Gasteiger partial charge in [0.2, 0.25) is 5.91 Å². The Morgan fingerprint density at radius 1 is 1.05 bits per heavy atom. The molecule has 2 aromatic carbocycles. The molecule has 6 heteroatoms. The smallest absolute Gasteiger partial charge is 0.227 e. The normalized spacial score (nSPS) is 11.2. The minimum atomic E-state index is -3.49. The zero-order chi connectivity index (χ0) is 16.2. The molecule has 4 nitrogen and oxygen atoms in total. The van der Waals surface area contributed by atoms with Crippen molar-refractivity contribution in [2.75, 3.05) is 17.7 Å². The fraction of sp³-hybridized carbons (Fsp3) is 0.188. The second-order valence-electron chi connectivity index (χ2n) is 4.81. The Morgan fingerprint density at radius 3 is 2.23 bits per heavy atom. The highest BCUT2D eigenvalue weighted by Crippen LogP contribution is 2.17. The van der Waals surface area contributed by atoms with E-state index in [1.807, 2.05) is 18.2 Å². The number of rotatable bonds is 5. The number of benzene rings is 2. The van der Waals surface area contributed by atoms with Gasteiger partial charge in [-0.25, -0.2) is 8.42 Å². The van der Waals surface area contributed by atoms with Crippen LogP contribution in [0.15, 0.2) is 59.5 Å². The second kappa shape index (κ2) is 6.94. The van der Waals surface area contributed by atoms with Crippen molar-refractivity contribution in [3.05, 3.63) is 59.6 Å². The largest absolute Gasteiger partial charge is 0.315 e. The quantitative estimate of drug-likeness (QED) is 0.842. The monoisotopic (exact) mass is 337 g/mol. The van der Waals surface area contributed by atoms with Crippen LogP contribution in [0.1, 0.15) is 6.42 Å². The van der Waals surface area contributed by atoms with E-state index in [4.69, 9.17) is 11.6 Å². The molecule has 0 saturated heterocycles. The molecule has 0 heterocycles. The van der Waals surface area contributed by atoms with E-state index in [0.717, 1.165) is 5.69 Å². The van der Waals surface area contributed by atoms with Crippen LogP contribution in [0.3, 0.4) is 0 Å². The van der Waals surface area contributed by atoms with E-state index in [-0.39, 0.29) is 23.0 Å². The predicted octanol–water partition coefficient (Wildman–Crippen LogP) is 3.17. The van der Waals surface area contributed by atoms with Gasteiger partial charge in [-0.2, -0.15) is 0 Å². The first kappa shape index (κ1) is 16.5. The van der Waals surface area contributed by atoms with E-state index in [1.165, 1.54) is 29.2 Å². The molecule has 0 aliphatic carbocycles. The predicted molar refractivity (Wildman–Crippen MR) is 88.0 cm³/mol. The van der Waals surface area contributed by atoms with E-state index in [2.05, 4.69) is 0 Å². The maximum absolute atomic E-state index is 12.2. The van der Waals surface area contributed by atoms with Gasteiger partial charge in [0, 0.05) is 24.2 Å². The SMILES string of the molecule is CN(C(=O)CCS(=O)(=O)c1ccc(Cl)cc1)c1ccccc1. The standard InChI is InChI=1S/C16H16ClNO3S/c1-18(14-5-3-2-4-6-14)16(19)11-12-22(20,21)15-9-7-13(17)8-10-15/h2-10H,11-12H2,1H3. The zero-order valence-electron chi connectivity index (χ0n) is 12.1. The summed E-state index contributed by atoms with van der Waals surface area (Å²) in [5.74, 6) is -0.478. The van der Waals surface area contributed by atoms with Crippen LogP contribution in [0.5, 0.6) is 0 Å². The third-order valence-corrected chi connectivity index (χ3v) is 5.26. The lowest BCUT2D eigenvalue weighted by molar-refractivity contribution is -0.117. The van der Waals surface area contributed by atoms with Crippen molar-refractivity contribution >= 4 is 33.0 Å². The number of sulfone groups is 1. The van der Waals surface area contributed by atoms with Gasteiger partial charge in [-0.3, -0.25) is 4.79 Å². The lowest BCUT2D eigenvalue weighted by Crippen LogP contribution is -2.28. The number of amides is 1. The van der Waals surface area contributed by atoms with Gasteiger partial charge in [0.1, 0.15) is 0 Å². The molecule has 0 aliphatic heterocycles. The summed E-state index contributed by atoms with van der Waals surface area (Å²) in [6, 6.07) is 15.0. The van der Waals surface area contributed by atoms with Gasteiger partial charge in [-0.05, 0) is 36.4 Å². The molecule has 0 spiro atoms. The fourth-order valence-corrected chi connectivity index (χ4v) is 3.30. The third-order valence-electron chi connectivity index (χ3n) is 3.28. The highest BCUT2D eigenvalue weighted by molar-refractivity contribution is 7.91. The highest BCUT2D eigenvalue weighted by atomic mass is 35.5. The Morgan fingerprint density at radius 2 is 1.64 bits per heavy atom. The van der Waals surface area contributed by atoms with E-state index in [9.17, 15) is 13.2 Å². The van der Waals surface area contributed by atoms with Crippen molar-refractivity contribution in [1.29, 1.82) is 0 Å². The maximum atomic E-state index is 12.2. The number of carbonyl (C=O) groups excluding carboxylic acids is 1. The number of hydrogen-bond acceptors (Lipinski definition) is 3. The number of para-hydroxylation sites is 1. The average Bonchev–Trinajstić information content (AvgIpc) is 2.53. The molecule has 0 aromatic heterocycles. The molecule has 0 N–H and O–H groups in total. The van der Waals surface area contributed by atoms with Gasteiger partial charge in [0.15, 0.2) is 9.84 Å². The summed E-state index contributed by atoms with van der Waals surface area (Å²) in [6.45, 7) is 0. The molecule has 22 heavy (non-hydrogen) atoms. The molecule has 0 fully saturated rings. The Kier molecular flexibility index (Phi) is 5.21. The molecule has 0 atom stereocenters. The van der Waals surface area contributed by atoms with Gasteiger partial charge >= 0.3 is 0 Å². The molecular formula is C16H16ClNO3S. The average molecular weight is 338 g/mol. The van der Waals surface area contributed by atoms with Crippen molar-refractivity contribution in [3.63, 3.8) is 0 Å². The van der Waals surface area contributed by atoms with Crippen LogP contribution in [0.4, 0.5) is 5.69 Å². The van der Waals surface area contributed by atoms with Gasteiger partial charge < -0.3 is 4.90 Å². The molecule has 2 rings (SSSR count). The molecular weight excluding hydrogens is 322 g/mol. The van der Waals surface area contributed by atoms with Gasteiger partial charge in [0.05, 0.1) is 10.6 Å². The molecule has 0 aliphatic rings. The Labute approximate surface area is 135 Å². The van der Waals surface area contributed by atoms with Crippen LogP contribution in [-0.4, -0.2) is 27.1 Å². The lowest BCUT2D eigenvalue weighted by Gasteiger charge is -2.17. The number of anilines is 1. The van der Waals surface area contributed by atoms with Gasteiger partial charge in [-0.1, -0.05) is 29.8 Å². The number of hydrogen-bond donors (Lipinski definition) is 0. The highest BCUT2D eigenvalue weighted by Gasteiger charge is 2.18. The molecule has 0 saturated carbocycles. The maximum Gasteiger partial charge on any atom is 0.227 e. The van der Waals surface area contributed by atoms with E-state index in [1.54, 1.807) is 19.2 Å². The van der Waals surface area contributed by atoms with Crippen LogP contribution >= 0.6 is 11.6 Å². The van der Waals surface area contributed by atoms with Crippen LogP contribution in [0.2, 0.25) is 5.02 Å². The number of nitrogens with zero attached hydrogens (tertiary/aromatic N) is 1. The van der Waals surface area contributed by atoms with E-state index in [0.29, 0.717) is 5.02 Å². The summed E-state index contributed by atoms with van der Waals surface area (Å²) in [5, 5.41) is 0.471. The zero-order valence-corrected chi connectivity index (χ0v) is 13.6. The Balaban J connectivity index is 2.02. The van der Waals surface area contributed by atoms with Crippen LogP contribution < -0.4 is 4.90 Å². The number of carbonyl (C=O) groups is 1. The van der Waals surface area contributed by atoms with Crippen molar-refractivity contribution < 1.29 is 13.2 Å². The molecule has 0 bridgehead atoms. The van der Waals surface area contributed by atoms with Crippen molar-refractivity contribution in [2.45, 2.75) is 11.3 Å². The first-order valence-electron chi connectivity index (χ1n) is 6.70. The molecule has 116 valence electrons. The Hall–Kier alpha value is -1.85. The Bertz CT molecular complexity index is 743. The lowest BCUT2D eigenvalue weighted by atomic mass is 10.3. The summed E-state index contributed by atoms with van der Waals surface area (Å²) in [4.78, 5) is 13.7. The topological polar surface area (TPSA) is 54.5 Å². The van der Waals surface area contributed by atoms with Crippen LogP contribution in [0.25, 0.3) is 0 Å². The van der Waals surface area contributed by atoms with E-state index >= 15 is 0 Å². The van der Waals surface area contributed by atoms with Gasteiger partial charge in [0.25, 0.3) is 0 Å². The third kappa shape index (κ3) is 4.08. The van der Waals surface area contributed by atoms with Crippen molar-refractivity contribution in [1.82, 2.24) is 0 Å². The molecule has 0 unspecified atom stereocenters. The van der Waals surface area contributed by atoms with Crippen molar-refractivity contribution in [2.24, 2.45) is 0 Å². The summed E-state index contributed by atoms with van der Waals surface area (Å²) in [7, 11) is -1.86. The number of halogens is 1. The minimum Gasteiger partial charge on any atom is -0.315 e. The molecule has 2 aromatic rings. The molecule has 1 amide bonds. The van der Waals surface area contributed by atoms with Crippen molar-refractivity contribution in [3.8, 4) is 0 Å². The van der Waals surface area contributed by atoms with E-state index < -0.39 is 9.84 Å². The summed E-state index contributed by atoms with van der Waals surface area (Å²) in [6.07, 6.45) is -0.0731. The summed E-state index contributed by atoms with van der Waals surface area (Å²) in [5.41, 5.74) is 0.733. The summed E-state index contributed by atoms with van der Waals surface area (Å²) < 4.78 is 24.4. The fourth-order valence-electron chi connectivity index (χ4n) is 1.94. The van der Waals surface area contributed by atoms with Gasteiger partial charge in [-0.15, -0.1) is 0 Å². The first-order valence-corrected chi connectivity index (χ1v) is 8.73. The second-order valence-corrected chi connectivity index (χ2v) is 7.36. The summed E-state index contributed by atoms with van der Waals surface area (Å²) >= 11 is 5.74. The van der Waals surface area contributed by atoms with Crippen LogP contribution in [-0.2, 0) is 14.6 Å². The first-order chi connectivity index (χ1) is 10.4. The van der Waals surface area contributed by atoms with Crippen LogP contribution in [0, 0.1) is 0 Å². The molecule has 0 radical (unpaired) electrons.